The van der Waals surface area contributed by atoms with Gasteiger partial charge in [-0.05, 0) is 6.92 Å². The Morgan fingerprint density at radius 3 is 2.04 bits per heavy atom. The van der Waals surface area contributed by atoms with Crippen molar-refractivity contribution in [2.45, 2.75) is 75.0 Å². The molecule has 0 aromatic heterocycles. The van der Waals surface area contributed by atoms with Crippen molar-refractivity contribution < 1.29 is 49.6 Å². The predicted octanol–water partition coefficient (Wildman–Crippen LogP) is -4.18. The smallest absolute Gasteiger partial charge is 0.217 e. The van der Waals surface area contributed by atoms with Crippen LogP contribution in [-0.4, -0.2) is 111 Å². The number of aliphatic hydroxyl groups is 6. The van der Waals surface area contributed by atoms with Crippen LogP contribution in [0.4, 0.5) is 0 Å². The molecule has 7 N–H and O–H groups in total. The molecule has 0 aromatic carbocycles. The van der Waals surface area contributed by atoms with E-state index in [0.29, 0.717) is 0 Å². The number of nitrogens with one attached hydrogen (secondary N) is 1. The Morgan fingerprint density at radius 2 is 1.50 bits per heavy atom. The number of amides is 1. The second-order valence-electron chi connectivity index (χ2n) is 6.58. The van der Waals surface area contributed by atoms with Gasteiger partial charge in [0.05, 0.1) is 19.3 Å². The summed E-state index contributed by atoms with van der Waals surface area (Å²) in [6.45, 7) is 1.64. The van der Waals surface area contributed by atoms with Crippen LogP contribution in [0, 0.1) is 0 Å². The lowest BCUT2D eigenvalue weighted by Gasteiger charge is -2.46. The molecule has 2 aliphatic rings. The summed E-state index contributed by atoms with van der Waals surface area (Å²) in [5.74, 6) is -0.519. The summed E-state index contributed by atoms with van der Waals surface area (Å²) < 4.78 is 16.5. The molecule has 26 heavy (non-hydrogen) atoms. The fourth-order valence-electron chi connectivity index (χ4n) is 3.21. The fraction of sp³-hybridized carbons (Fsp3) is 0.933. The van der Waals surface area contributed by atoms with Crippen molar-refractivity contribution in [3.63, 3.8) is 0 Å². The lowest BCUT2D eigenvalue weighted by atomic mass is 9.94. The highest BCUT2D eigenvalue weighted by Gasteiger charge is 2.50. The predicted molar refractivity (Wildman–Crippen MR) is 83.7 cm³/mol. The Bertz CT molecular complexity index is 479. The third-order valence-corrected chi connectivity index (χ3v) is 4.64. The van der Waals surface area contributed by atoms with Gasteiger partial charge >= 0.3 is 0 Å². The van der Waals surface area contributed by atoms with Crippen LogP contribution in [0.15, 0.2) is 0 Å². The molecule has 0 saturated carbocycles. The summed E-state index contributed by atoms with van der Waals surface area (Å²) in [7, 11) is 0. The minimum atomic E-state index is -1.50. The molecule has 2 fully saturated rings. The van der Waals surface area contributed by atoms with E-state index >= 15 is 0 Å². The summed E-state index contributed by atoms with van der Waals surface area (Å²) in [5.41, 5.74) is 0. The van der Waals surface area contributed by atoms with Crippen molar-refractivity contribution in [3.8, 4) is 0 Å². The van der Waals surface area contributed by atoms with Crippen LogP contribution in [0.25, 0.3) is 0 Å². The van der Waals surface area contributed by atoms with Gasteiger partial charge in [-0.25, -0.2) is 0 Å². The molecule has 0 aliphatic carbocycles. The number of ether oxygens (including phenoxy) is 3. The Labute approximate surface area is 150 Å². The van der Waals surface area contributed by atoms with Gasteiger partial charge in [0.25, 0.3) is 0 Å². The van der Waals surface area contributed by atoms with E-state index in [1.165, 1.54) is 6.92 Å². The molecule has 0 spiro atoms. The molecule has 11 nitrogen and oxygen atoms in total. The average Bonchev–Trinajstić information content (AvgIpc) is 2.60. The first-order valence-corrected chi connectivity index (χ1v) is 8.38. The Balaban J connectivity index is 2.18. The number of carbonyl (C=O) groups excluding carboxylic acids is 1. The first kappa shape index (κ1) is 21.4. The highest BCUT2D eigenvalue weighted by molar-refractivity contribution is 5.73. The molecular weight excluding hydrogens is 354 g/mol. The maximum atomic E-state index is 11.4. The monoisotopic (exact) mass is 381 g/mol. The molecular formula is C15H27NO10. The molecule has 10 atom stereocenters. The topological polar surface area (TPSA) is 178 Å². The van der Waals surface area contributed by atoms with E-state index in [4.69, 9.17) is 14.2 Å². The van der Waals surface area contributed by atoms with Gasteiger partial charge in [-0.15, -0.1) is 0 Å². The van der Waals surface area contributed by atoms with Gasteiger partial charge in [0.2, 0.25) is 5.91 Å². The van der Waals surface area contributed by atoms with Crippen LogP contribution in [0.1, 0.15) is 13.8 Å². The zero-order valence-electron chi connectivity index (χ0n) is 14.5. The highest BCUT2D eigenvalue weighted by atomic mass is 16.7. The quantitative estimate of drug-likeness (QED) is 0.247. The van der Waals surface area contributed by atoms with Gasteiger partial charge in [-0.3, -0.25) is 4.79 Å². The second-order valence-corrected chi connectivity index (χ2v) is 6.58. The van der Waals surface area contributed by atoms with Gasteiger partial charge in [-0.2, -0.15) is 0 Å². The molecule has 0 aromatic rings. The van der Waals surface area contributed by atoms with Crippen molar-refractivity contribution in [1.82, 2.24) is 5.32 Å². The van der Waals surface area contributed by atoms with Crippen molar-refractivity contribution in [3.05, 3.63) is 0 Å². The lowest BCUT2D eigenvalue weighted by molar-refractivity contribution is -0.320. The second kappa shape index (κ2) is 8.87. The lowest BCUT2D eigenvalue weighted by Crippen LogP contribution is -2.67. The Kier molecular flexibility index (Phi) is 7.30. The summed E-state index contributed by atoms with van der Waals surface area (Å²) in [5, 5.41) is 61.4. The van der Waals surface area contributed by atoms with Gasteiger partial charge in [0, 0.05) is 6.92 Å². The molecule has 0 bridgehead atoms. The summed E-state index contributed by atoms with van der Waals surface area (Å²) in [4.78, 5) is 11.4. The van der Waals surface area contributed by atoms with E-state index < -0.39 is 80.3 Å². The highest BCUT2D eigenvalue weighted by Crippen LogP contribution is 2.29. The molecule has 11 heteroatoms. The minimum absolute atomic E-state index is 0.499. The van der Waals surface area contributed by atoms with Gasteiger partial charge in [0.15, 0.2) is 6.29 Å². The summed E-state index contributed by atoms with van der Waals surface area (Å²) >= 11 is 0. The van der Waals surface area contributed by atoms with Crippen molar-refractivity contribution in [2.75, 3.05) is 13.2 Å². The minimum Gasteiger partial charge on any atom is -0.394 e. The number of carbonyl (C=O) groups is 1. The zero-order valence-corrected chi connectivity index (χ0v) is 14.5. The normalized spacial score (nSPS) is 46.8. The van der Waals surface area contributed by atoms with E-state index in [1.807, 2.05) is 0 Å². The van der Waals surface area contributed by atoms with E-state index in [-0.39, 0.29) is 0 Å². The number of rotatable bonds is 5. The van der Waals surface area contributed by atoms with Crippen LogP contribution < -0.4 is 5.32 Å². The number of hydrogen-bond donors (Lipinski definition) is 7. The van der Waals surface area contributed by atoms with Gasteiger partial charge in [0.1, 0.15) is 48.8 Å². The van der Waals surface area contributed by atoms with Crippen LogP contribution in [0.5, 0.6) is 0 Å². The molecule has 0 radical (unpaired) electrons. The molecule has 2 heterocycles. The Morgan fingerprint density at radius 1 is 0.962 bits per heavy atom. The summed E-state index contributed by atoms with van der Waals surface area (Å²) in [6.07, 6.45) is -11.2. The largest absolute Gasteiger partial charge is 0.394 e. The fourth-order valence-corrected chi connectivity index (χ4v) is 3.21. The van der Waals surface area contributed by atoms with E-state index in [1.54, 1.807) is 6.92 Å². The SMILES string of the molecule is CC(=O)NC1C(O)[C@H](O)C(CO)O[C@@H]1OC1[C@H](C)OC(CO)[C@H](O)[C@@H]1O. The van der Waals surface area contributed by atoms with Crippen molar-refractivity contribution >= 4 is 5.91 Å². The van der Waals surface area contributed by atoms with Gasteiger partial charge < -0.3 is 50.2 Å². The van der Waals surface area contributed by atoms with Crippen LogP contribution in [0.2, 0.25) is 0 Å². The van der Waals surface area contributed by atoms with Crippen LogP contribution in [-0.2, 0) is 19.0 Å². The Hall–Kier alpha value is -0.890. The standard InChI is InChI=1S/C15H27NO10/c1-5-14(13(23)11(21)7(3-17)24-5)26-15-9(16-6(2)19)12(22)10(20)8(4-18)25-15/h5,7-15,17-18,20-23H,3-4H2,1-2H3,(H,16,19)/t5-,7?,8?,9?,10+,11-,12?,13-,14?,15+/m0/s1. The molecule has 2 saturated heterocycles. The number of hydrogen-bond acceptors (Lipinski definition) is 10. The van der Waals surface area contributed by atoms with Crippen molar-refractivity contribution in [2.24, 2.45) is 0 Å². The third-order valence-electron chi connectivity index (χ3n) is 4.64. The van der Waals surface area contributed by atoms with Gasteiger partial charge in [-0.1, -0.05) is 0 Å². The van der Waals surface area contributed by atoms with E-state index in [2.05, 4.69) is 5.32 Å². The van der Waals surface area contributed by atoms with Crippen LogP contribution in [0.3, 0.4) is 0 Å². The van der Waals surface area contributed by atoms with Crippen LogP contribution >= 0.6 is 0 Å². The third kappa shape index (κ3) is 4.32. The molecule has 5 unspecified atom stereocenters. The number of aliphatic hydroxyl groups excluding tert-OH is 6. The maximum absolute atomic E-state index is 11.4. The molecule has 2 rings (SSSR count). The first-order valence-electron chi connectivity index (χ1n) is 8.38. The van der Waals surface area contributed by atoms with E-state index in [9.17, 15) is 35.4 Å². The van der Waals surface area contributed by atoms with E-state index in [0.717, 1.165) is 0 Å². The summed E-state index contributed by atoms with van der Waals surface area (Å²) in [6, 6.07) is -1.18. The molecule has 152 valence electrons. The average molecular weight is 381 g/mol. The first-order chi connectivity index (χ1) is 12.2. The molecule has 1 amide bonds. The maximum Gasteiger partial charge on any atom is 0.217 e. The molecule has 2 aliphatic heterocycles. The van der Waals surface area contributed by atoms with Crippen molar-refractivity contribution in [1.29, 1.82) is 0 Å². The zero-order chi connectivity index (χ0) is 19.6.